The number of aromatic carboxylic acids is 1. The molecule has 2 rings (SSSR count). The van der Waals surface area contributed by atoms with E-state index in [9.17, 15) is 18.0 Å². The van der Waals surface area contributed by atoms with Crippen molar-refractivity contribution in [3.63, 3.8) is 0 Å². The third-order valence-corrected chi connectivity index (χ3v) is 2.58. The standard InChI is InChI=1S/C11H8F3NO2/c1-15-5-4-6-8(15)3-2-7(10(16)17)9(6)11(12,13)14/h2-5H,1H3,(H,16,17). The number of nitrogens with zero attached hydrogens (tertiary/aromatic N) is 1. The maximum atomic E-state index is 12.9. The van der Waals surface area contributed by atoms with E-state index in [1.165, 1.54) is 22.9 Å². The van der Waals surface area contributed by atoms with Crippen LogP contribution in [0, 0.1) is 0 Å². The molecule has 0 saturated carbocycles. The molecule has 0 spiro atoms. The number of carbonyl (C=O) groups is 1. The lowest BCUT2D eigenvalue weighted by molar-refractivity contribution is -0.136. The summed E-state index contributed by atoms with van der Waals surface area (Å²) in [5, 5.41) is 8.69. The minimum absolute atomic E-state index is 0.0973. The van der Waals surface area contributed by atoms with E-state index >= 15 is 0 Å². The Bertz CT molecular complexity index is 599. The van der Waals surface area contributed by atoms with Gasteiger partial charge in [-0.25, -0.2) is 4.79 Å². The Labute approximate surface area is 94.1 Å². The molecule has 1 N–H and O–H groups in total. The van der Waals surface area contributed by atoms with E-state index < -0.39 is 23.3 Å². The molecule has 0 fully saturated rings. The number of halogens is 3. The van der Waals surface area contributed by atoms with Gasteiger partial charge in [-0.1, -0.05) is 0 Å². The van der Waals surface area contributed by atoms with Crippen molar-refractivity contribution in [1.29, 1.82) is 0 Å². The minimum atomic E-state index is -4.69. The van der Waals surface area contributed by atoms with Crippen molar-refractivity contribution in [1.82, 2.24) is 4.57 Å². The second-order valence-electron chi connectivity index (χ2n) is 3.65. The van der Waals surface area contributed by atoms with Crippen LogP contribution in [-0.4, -0.2) is 15.6 Å². The van der Waals surface area contributed by atoms with E-state index in [1.54, 1.807) is 7.05 Å². The maximum absolute atomic E-state index is 12.9. The number of aromatic nitrogens is 1. The van der Waals surface area contributed by atoms with Gasteiger partial charge in [0.25, 0.3) is 0 Å². The van der Waals surface area contributed by atoms with Crippen LogP contribution < -0.4 is 0 Å². The van der Waals surface area contributed by atoms with Crippen LogP contribution in [0.25, 0.3) is 10.9 Å². The smallest absolute Gasteiger partial charge is 0.417 e. The largest absolute Gasteiger partial charge is 0.478 e. The first-order chi connectivity index (χ1) is 7.82. The number of aryl methyl sites for hydroxylation is 1. The van der Waals surface area contributed by atoms with Crippen LogP contribution in [0.2, 0.25) is 0 Å². The third-order valence-electron chi connectivity index (χ3n) is 2.58. The van der Waals surface area contributed by atoms with Gasteiger partial charge in [-0.15, -0.1) is 0 Å². The van der Waals surface area contributed by atoms with Crippen molar-refractivity contribution < 1.29 is 23.1 Å². The molecular formula is C11H8F3NO2. The van der Waals surface area contributed by atoms with Crippen LogP contribution in [0.15, 0.2) is 24.4 Å². The van der Waals surface area contributed by atoms with Crippen molar-refractivity contribution in [2.75, 3.05) is 0 Å². The SMILES string of the molecule is Cn1ccc2c(C(F)(F)F)c(C(=O)O)ccc21. The number of fused-ring (bicyclic) bond motifs is 1. The molecule has 6 heteroatoms. The zero-order valence-corrected chi connectivity index (χ0v) is 8.75. The van der Waals surface area contributed by atoms with Gasteiger partial charge in [0.05, 0.1) is 11.1 Å². The van der Waals surface area contributed by atoms with Gasteiger partial charge in [0.1, 0.15) is 0 Å². The van der Waals surface area contributed by atoms with Gasteiger partial charge < -0.3 is 9.67 Å². The lowest BCUT2D eigenvalue weighted by Crippen LogP contribution is -2.13. The first kappa shape index (κ1) is 11.5. The number of hydrogen-bond acceptors (Lipinski definition) is 1. The van der Waals surface area contributed by atoms with E-state index in [0.717, 1.165) is 6.07 Å². The predicted octanol–water partition coefficient (Wildman–Crippen LogP) is 2.90. The summed E-state index contributed by atoms with van der Waals surface area (Å²) in [6.07, 6.45) is -3.22. The molecule has 0 aliphatic rings. The molecular weight excluding hydrogens is 235 g/mol. The van der Waals surface area contributed by atoms with Crippen LogP contribution in [0.4, 0.5) is 13.2 Å². The average Bonchev–Trinajstić information content (AvgIpc) is 2.57. The second kappa shape index (κ2) is 3.51. The zero-order valence-electron chi connectivity index (χ0n) is 8.75. The summed E-state index contributed by atoms with van der Waals surface area (Å²) in [6, 6.07) is 3.62. The Morgan fingerprint density at radius 1 is 1.29 bits per heavy atom. The van der Waals surface area contributed by atoms with E-state index in [0.29, 0.717) is 5.52 Å². The van der Waals surface area contributed by atoms with E-state index in [4.69, 9.17) is 5.11 Å². The molecule has 17 heavy (non-hydrogen) atoms. The summed E-state index contributed by atoms with van der Waals surface area (Å²) in [7, 11) is 1.60. The Morgan fingerprint density at radius 2 is 1.94 bits per heavy atom. The molecule has 0 unspecified atom stereocenters. The first-order valence-electron chi connectivity index (χ1n) is 4.71. The summed E-state index contributed by atoms with van der Waals surface area (Å²) >= 11 is 0. The highest BCUT2D eigenvalue weighted by molar-refractivity contribution is 5.97. The lowest BCUT2D eigenvalue weighted by Gasteiger charge is -2.12. The average molecular weight is 243 g/mol. The number of carboxylic acid groups (broad SMARTS) is 1. The van der Waals surface area contributed by atoms with E-state index in [-0.39, 0.29) is 5.39 Å². The third kappa shape index (κ3) is 1.75. The Hall–Kier alpha value is -1.98. The van der Waals surface area contributed by atoms with Crippen molar-refractivity contribution in [2.24, 2.45) is 7.05 Å². The normalized spacial score (nSPS) is 12.0. The Morgan fingerprint density at radius 3 is 2.47 bits per heavy atom. The number of benzene rings is 1. The molecule has 0 aliphatic carbocycles. The van der Waals surface area contributed by atoms with Gasteiger partial charge in [0.2, 0.25) is 0 Å². The number of rotatable bonds is 1. The quantitative estimate of drug-likeness (QED) is 0.836. The predicted molar refractivity (Wildman–Crippen MR) is 54.9 cm³/mol. The highest BCUT2D eigenvalue weighted by Gasteiger charge is 2.37. The highest BCUT2D eigenvalue weighted by atomic mass is 19.4. The Kier molecular flexibility index (Phi) is 2.38. The monoisotopic (exact) mass is 243 g/mol. The van der Waals surface area contributed by atoms with E-state index in [2.05, 4.69) is 0 Å². The molecule has 1 heterocycles. The first-order valence-corrected chi connectivity index (χ1v) is 4.71. The van der Waals surface area contributed by atoms with E-state index in [1.807, 2.05) is 0 Å². The molecule has 1 aromatic carbocycles. The molecule has 3 nitrogen and oxygen atoms in total. The molecule has 0 saturated heterocycles. The van der Waals surface area contributed by atoms with Gasteiger partial charge in [0.15, 0.2) is 0 Å². The Balaban J connectivity index is 2.90. The maximum Gasteiger partial charge on any atom is 0.417 e. The van der Waals surface area contributed by atoms with Crippen molar-refractivity contribution in [3.8, 4) is 0 Å². The summed E-state index contributed by atoms with van der Waals surface area (Å²) < 4.78 is 40.1. The van der Waals surface area contributed by atoms with Gasteiger partial charge in [0, 0.05) is 24.1 Å². The van der Waals surface area contributed by atoms with Gasteiger partial charge in [-0.3, -0.25) is 0 Å². The highest BCUT2D eigenvalue weighted by Crippen LogP contribution is 2.37. The molecule has 0 aliphatic heterocycles. The van der Waals surface area contributed by atoms with Gasteiger partial charge in [-0.2, -0.15) is 13.2 Å². The molecule has 1 aromatic heterocycles. The van der Waals surface area contributed by atoms with Crippen molar-refractivity contribution in [2.45, 2.75) is 6.18 Å². The summed E-state index contributed by atoms with van der Waals surface area (Å²) in [6.45, 7) is 0. The minimum Gasteiger partial charge on any atom is -0.478 e. The van der Waals surface area contributed by atoms with Gasteiger partial charge >= 0.3 is 12.1 Å². The molecule has 2 aromatic rings. The van der Waals surface area contributed by atoms with Crippen LogP contribution in [-0.2, 0) is 13.2 Å². The molecule has 0 bridgehead atoms. The fourth-order valence-electron chi connectivity index (χ4n) is 1.84. The molecule has 0 amide bonds. The number of alkyl halides is 3. The van der Waals surface area contributed by atoms with Gasteiger partial charge in [-0.05, 0) is 18.2 Å². The van der Waals surface area contributed by atoms with Crippen LogP contribution in [0.5, 0.6) is 0 Å². The fourth-order valence-corrected chi connectivity index (χ4v) is 1.84. The van der Waals surface area contributed by atoms with Crippen LogP contribution >= 0.6 is 0 Å². The van der Waals surface area contributed by atoms with Crippen molar-refractivity contribution >= 4 is 16.9 Å². The zero-order chi connectivity index (χ0) is 12.8. The number of hydrogen-bond donors (Lipinski definition) is 1. The topological polar surface area (TPSA) is 42.2 Å². The lowest BCUT2D eigenvalue weighted by atomic mass is 10.0. The second-order valence-corrected chi connectivity index (χ2v) is 3.65. The number of carboxylic acids is 1. The molecule has 0 radical (unpaired) electrons. The molecule has 90 valence electrons. The van der Waals surface area contributed by atoms with Crippen LogP contribution in [0.3, 0.4) is 0 Å². The summed E-state index contributed by atoms with van der Waals surface area (Å²) in [4.78, 5) is 10.8. The van der Waals surface area contributed by atoms with Crippen LogP contribution in [0.1, 0.15) is 15.9 Å². The summed E-state index contributed by atoms with van der Waals surface area (Å²) in [5.74, 6) is -1.58. The van der Waals surface area contributed by atoms with Crippen molar-refractivity contribution in [3.05, 3.63) is 35.5 Å². The fraction of sp³-hybridized carbons (Fsp3) is 0.182. The summed E-state index contributed by atoms with van der Waals surface area (Å²) in [5.41, 5.74) is -1.47. The molecule has 0 atom stereocenters.